The lowest BCUT2D eigenvalue weighted by molar-refractivity contribution is -0.144. The van der Waals surface area contributed by atoms with Gasteiger partial charge in [0.05, 0.1) is 5.52 Å². The number of hydrogen-bond donors (Lipinski definition) is 2. The molecule has 7 nitrogen and oxygen atoms in total. The number of likely N-dealkylation sites (tertiary alicyclic amines) is 1. The van der Waals surface area contributed by atoms with Crippen LogP contribution in [0.1, 0.15) is 18.4 Å². The predicted molar refractivity (Wildman–Crippen MR) is 105 cm³/mol. The van der Waals surface area contributed by atoms with Crippen molar-refractivity contribution in [3.63, 3.8) is 0 Å². The van der Waals surface area contributed by atoms with Gasteiger partial charge < -0.3 is 14.6 Å². The van der Waals surface area contributed by atoms with E-state index in [0.717, 1.165) is 6.07 Å². The maximum atomic E-state index is 13.8. The molecule has 3 aromatic rings. The summed E-state index contributed by atoms with van der Waals surface area (Å²) in [7, 11) is 0. The first-order valence-electron chi connectivity index (χ1n) is 9.56. The number of hydrogen-bond acceptors (Lipinski definition) is 4. The van der Waals surface area contributed by atoms with Crippen LogP contribution in [0.2, 0.25) is 0 Å². The molecule has 0 saturated carbocycles. The minimum Gasteiger partial charge on any atom is -0.408 e. The highest BCUT2D eigenvalue weighted by Crippen LogP contribution is 2.24. The Labute approximate surface area is 169 Å². The molecular weight excluding hydrogens is 396 g/mol. The lowest BCUT2D eigenvalue weighted by Gasteiger charge is -2.31. The fraction of sp³-hybridized carbons (Fsp3) is 0.286. The van der Waals surface area contributed by atoms with Crippen LogP contribution in [0.25, 0.3) is 11.1 Å². The zero-order valence-electron chi connectivity index (χ0n) is 15.9. The van der Waals surface area contributed by atoms with E-state index in [1.165, 1.54) is 23.1 Å². The highest BCUT2D eigenvalue weighted by molar-refractivity contribution is 6.39. The number of anilines is 1. The maximum absolute atomic E-state index is 13.8. The molecule has 2 aromatic carbocycles. The molecule has 1 aliphatic rings. The number of amides is 2. The molecule has 0 radical (unpaired) electrons. The average molecular weight is 415 g/mol. The molecule has 30 heavy (non-hydrogen) atoms. The molecule has 0 unspecified atom stereocenters. The highest BCUT2D eigenvalue weighted by atomic mass is 19.1. The second-order valence-corrected chi connectivity index (χ2v) is 7.36. The van der Waals surface area contributed by atoms with Gasteiger partial charge in [0.25, 0.3) is 0 Å². The molecule has 1 fully saturated rings. The van der Waals surface area contributed by atoms with Crippen molar-refractivity contribution in [2.45, 2.75) is 19.3 Å². The monoisotopic (exact) mass is 415 g/mol. The number of oxazole rings is 1. The third-order valence-corrected chi connectivity index (χ3v) is 5.30. The summed E-state index contributed by atoms with van der Waals surface area (Å²) in [5.74, 6) is -3.07. The second-order valence-electron chi connectivity index (χ2n) is 7.36. The summed E-state index contributed by atoms with van der Waals surface area (Å²) in [4.78, 5) is 39.9. The van der Waals surface area contributed by atoms with E-state index in [2.05, 4.69) is 10.3 Å². The average Bonchev–Trinajstić information content (AvgIpc) is 3.09. The standard InChI is InChI=1S/C21H19F2N3O4/c22-14-2-1-13(16(23)10-14)9-12-5-7-26(8-6-12)20(28)19(27)24-15-3-4-17-18(11-15)30-21(29)25-17/h1-4,10-12H,5-9H2,(H,24,27)(H,25,29). The van der Waals surface area contributed by atoms with E-state index in [1.807, 2.05) is 0 Å². The molecule has 4 rings (SSSR count). The van der Waals surface area contributed by atoms with Crippen molar-refractivity contribution >= 4 is 28.6 Å². The van der Waals surface area contributed by atoms with Crippen molar-refractivity contribution in [3.8, 4) is 0 Å². The lowest BCUT2D eigenvalue weighted by Crippen LogP contribution is -2.44. The number of halogens is 2. The number of nitrogens with zero attached hydrogens (tertiary/aromatic N) is 1. The normalized spacial score (nSPS) is 14.8. The molecule has 1 aliphatic heterocycles. The molecule has 156 valence electrons. The summed E-state index contributed by atoms with van der Waals surface area (Å²) in [5.41, 5.74) is 1.55. The smallest absolute Gasteiger partial charge is 0.408 e. The summed E-state index contributed by atoms with van der Waals surface area (Å²) < 4.78 is 31.8. The topological polar surface area (TPSA) is 95.4 Å². The van der Waals surface area contributed by atoms with Gasteiger partial charge in [-0.05, 0) is 48.9 Å². The summed E-state index contributed by atoms with van der Waals surface area (Å²) in [6, 6.07) is 8.13. The van der Waals surface area contributed by atoms with Crippen LogP contribution in [0.4, 0.5) is 14.5 Å². The molecule has 9 heteroatoms. The zero-order valence-corrected chi connectivity index (χ0v) is 15.9. The van der Waals surface area contributed by atoms with E-state index >= 15 is 0 Å². The number of aromatic amines is 1. The third kappa shape index (κ3) is 4.24. The van der Waals surface area contributed by atoms with Gasteiger partial charge in [-0.1, -0.05) is 6.07 Å². The molecule has 0 aliphatic carbocycles. The summed E-state index contributed by atoms with van der Waals surface area (Å²) in [5, 5.41) is 2.51. The van der Waals surface area contributed by atoms with Crippen molar-refractivity contribution < 1.29 is 22.8 Å². The third-order valence-electron chi connectivity index (χ3n) is 5.30. The number of benzene rings is 2. The summed E-state index contributed by atoms with van der Waals surface area (Å²) >= 11 is 0. The van der Waals surface area contributed by atoms with E-state index in [9.17, 15) is 23.2 Å². The first-order chi connectivity index (χ1) is 14.4. The van der Waals surface area contributed by atoms with Crippen LogP contribution in [0.5, 0.6) is 0 Å². The highest BCUT2D eigenvalue weighted by Gasteiger charge is 2.27. The Morgan fingerprint density at radius 3 is 2.63 bits per heavy atom. The van der Waals surface area contributed by atoms with Crippen LogP contribution >= 0.6 is 0 Å². The van der Waals surface area contributed by atoms with E-state index in [0.29, 0.717) is 49.1 Å². The van der Waals surface area contributed by atoms with Gasteiger partial charge in [-0.2, -0.15) is 0 Å². The number of carbonyl (C=O) groups is 2. The van der Waals surface area contributed by atoms with Crippen molar-refractivity contribution in [1.29, 1.82) is 0 Å². The fourth-order valence-corrected chi connectivity index (χ4v) is 3.69. The Kier molecular flexibility index (Phi) is 5.35. The van der Waals surface area contributed by atoms with E-state index in [4.69, 9.17) is 4.42 Å². The van der Waals surface area contributed by atoms with Crippen LogP contribution in [-0.2, 0) is 16.0 Å². The zero-order chi connectivity index (χ0) is 21.3. The van der Waals surface area contributed by atoms with E-state index < -0.39 is 29.2 Å². The lowest BCUT2D eigenvalue weighted by atomic mass is 9.90. The van der Waals surface area contributed by atoms with Crippen LogP contribution < -0.4 is 11.1 Å². The first kappa shape index (κ1) is 19.8. The van der Waals surface area contributed by atoms with Crippen LogP contribution in [0.15, 0.2) is 45.6 Å². The van der Waals surface area contributed by atoms with Crippen molar-refractivity contribution in [2.75, 3.05) is 18.4 Å². The number of nitrogens with one attached hydrogen (secondary N) is 2. The van der Waals surface area contributed by atoms with E-state index in [-0.39, 0.29) is 11.5 Å². The molecule has 2 N–H and O–H groups in total. The second kappa shape index (κ2) is 8.10. The Morgan fingerprint density at radius 1 is 1.13 bits per heavy atom. The van der Waals surface area contributed by atoms with Crippen LogP contribution in [-0.4, -0.2) is 34.8 Å². The molecule has 2 heterocycles. The molecule has 1 saturated heterocycles. The van der Waals surface area contributed by atoms with Gasteiger partial charge in [0.1, 0.15) is 11.6 Å². The quantitative estimate of drug-likeness (QED) is 0.643. The predicted octanol–water partition coefficient (Wildman–Crippen LogP) is 2.82. The van der Waals surface area contributed by atoms with Crippen LogP contribution in [0.3, 0.4) is 0 Å². The molecule has 1 aromatic heterocycles. The Bertz CT molecular complexity index is 1160. The number of fused-ring (bicyclic) bond motifs is 1. The van der Waals surface area contributed by atoms with Crippen molar-refractivity contribution in [2.24, 2.45) is 5.92 Å². The number of aromatic nitrogens is 1. The Balaban J connectivity index is 1.32. The summed E-state index contributed by atoms with van der Waals surface area (Å²) in [6.45, 7) is 0.761. The van der Waals surface area contributed by atoms with Gasteiger partial charge in [-0.3, -0.25) is 14.6 Å². The Morgan fingerprint density at radius 2 is 1.90 bits per heavy atom. The van der Waals surface area contributed by atoms with Crippen molar-refractivity contribution in [3.05, 3.63) is 64.1 Å². The largest absolute Gasteiger partial charge is 0.417 e. The molecular formula is C21H19F2N3O4. The van der Waals surface area contributed by atoms with Gasteiger partial charge in [0.15, 0.2) is 5.58 Å². The van der Waals surface area contributed by atoms with Gasteiger partial charge in [0, 0.05) is 30.9 Å². The molecule has 2 amide bonds. The fourth-order valence-electron chi connectivity index (χ4n) is 3.69. The van der Waals surface area contributed by atoms with Gasteiger partial charge in [-0.15, -0.1) is 0 Å². The number of piperidine rings is 1. The Hall–Kier alpha value is -3.49. The van der Waals surface area contributed by atoms with Gasteiger partial charge in [-0.25, -0.2) is 13.6 Å². The molecule has 0 bridgehead atoms. The minimum absolute atomic E-state index is 0.149. The number of H-pyrrole nitrogens is 1. The van der Waals surface area contributed by atoms with Gasteiger partial charge in [0.2, 0.25) is 0 Å². The van der Waals surface area contributed by atoms with Gasteiger partial charge >= 0.3 is 17.6 Å². The minimum atomic E-state index is -0.782. The van der Waals surface area contributed by atoms with Crippen molar-refractivity contribution in [1.82, 2.24) is 9.88 Å². The van der Waals surface area contributed by atoms with E-state index in [1.54, 1.807) is 12.1 Å². The SMILES string of the molecule is O=C(Nc1ccc2[nH]c(=O)oc2c1)C(=O)N1CCC(Cc2ccc(F)cc2F)CC1. The van der Waals surface area contributed by atoms with Crippen LogP contribution in [0, 0.1) is 17.6 Å². The number of rotatable bonds is 3. The number of carbonyl (C=O) groups excluding carboxylic acids is 2. The first-order valence-corrected chi connectivity index (χ1v) is 9.56. The maximum Gasteiger partial charge on any atom is 0.417 e. The molecule has 0 atom stereocenters. The molecule has 0 spiro atoms. The summed E-state index contributed by atoms with van der Waals surface area (Å²) in [6.07, 6.45) is 1.70.